The Morgan fingerprint density at radius 2 is 1.94 bits per heavy atom. The number of halogens is 5. The van der Waals surface area contributed by atoms with Gasteiger partial charge in [-0.15, -0.1) is 21.5 Å². The number of carbonyl (C=O) groups is 1. The Labute approximate surface area is 200 Å². The lowest BCUT2D eigenvalue weighted by Crippen LogP contribution is -2.42. The second kappa shape index (κ2) is 8.92. The lowest BCUT2D eigenvalue weighted by Gasteiger charge is -2.29. The molecule has 0 fully saturated rings. The Hall–Kier alpha value is -2.69. The number of aromatic nitrogens is 2. The molecule has 0 saturated carbocycles. The lowest BCUT2D eigenvalue weighted by molar-refractivity contribution is -0.275. The van der Waals surface area contributed by atoms with E-state index in [0.717, 1.165) is 12.1 Å². The van der Waals surface area contributed by atoms with Gasteiger partial charge in [0.25, 0.3) is 11.5 Å². The third kappa shape index (κ3) is 4.68. The average molecular weight is 515 g/mol. The van der Waals surface area contributed by atoms with Crippen molar-refractivity contribution in [3.8, 4) is 0 Å². The summed E-state index contributed by atoms with van der Waals surface area (Å²) in [6, 6.07) is 8.33. The minimum absolute atomic E-state index is 0.0536. The smallest absolute Gasteiger partial charge is 0.374 e. The average Bonchev–Trinajstić information content (AvgIpc) is 3.41. The van der Waals surface area contributed by atoms with Gasteiger partial charge in [0.15, 0.2) is 0 Å². The number of amides is 1. The van der Waals surface area contributed by atoms with Crippen molar-refractivity contribution in [1.82, 2.24) is 15.5 Å². The molecule has 0 aliphatic carbocycles. The normalized spacial score (nSPS) is 18.1. The monoisotopic (exact) mass is 514 g/mol. The Morgan fingerprint density at radius 3 is 2.55 bits per heavy atom. The first-order chi connectivity index (χ1) is 15.6. The molecule has 1 unspecified atom stereocenters. The van der Waals surface area contributed by atoms with Crippen LogP contribution in [0, 0.1) is 6.92 Å². The van der Waals surface area contributed by atoms with Gasteiger partial charge >= 0.3 is 6.18 Å². The highest BCUT2D eigenvalue weighted by Gasteiger charge is 2.62. The van der Waals surface area contributed by atoms with Crippen LogP contribution in [0.3, 0.4) is 0 Å². The minimum atomic E-state index is -4.79. The molecule has 0 radical (unpaired) electrons. The van der Waals surface area contributed by atoms with E-state index in [2.05, 4.69) is 20.7 Å². The molecule has 6 nitrogen and oxygen atoms in total. The zero-order valence-electron chi connectivity index (χ0n) is 16.9. The maximum atomic E-state index is 14.2. The van der Waals surface area contributed by atoms with Crippen LogP contribution in [0.4, 0.5) is 13.2 Å². The zero-order chi connectivity index (χ0) is 23.8. The van der Waals surface area contributed by atoms with Crippen molar-refractivity contribution in [1.29, 1.82) is 0 Å². The first kappa shape index (κ1) is 23.5. The van der Waals surface area contributed by atoms with E-state index in [1.165, 1.54) is 29.5 Å². The molecule has 1 aliphatic rings. The maximum Gasteiger partial charge on any atom is 0.435 e. The van der Waals surface area contributed by atoms with Crippen molar-refractivity contribution >= 4 is 46.2 Å². The zero-order valence-corrected chi connectivity index (χ0v) is 19.2. The molecule has 1 amide bonds. The summed E-state index contributed by atoms with van der Waals surface area (Å²) in [4.78, 5) is 17.5. The predicted molar refractivity (Wildman–Crippen MR) is 119 cm³/mol. The first-order valence-electron chi connectivity index (χ1n) is 9.52. The van der Waals surface area contributed by atoms with Crippen molar-refractivity contribution in [3.63, 3.8) is 0 Å². The van der Waals surface area contributed by atoms with E-state index in [-0.39, 0.29) is 33.8 Å². The van der Waals surface area contributed by atoms with Crippen LogP contribution in [0.25, 0.3) is 0 Å². The van der Waals surface area contributed by atoms with Crippen LogP contribution in [-0.4, -0.2) is 28.0 Å². The van der Waals surface area contributed by atoms with Gasteiger partial charge in [0, 0.05) is 27.6 Å². The summed E-state index contributed by atoms with van der Waals surface area (Å²) in [5.74, 6) is -0.336. The fourth-order valence-corrected chi connectivity index (χ4v) is 4.46. The molecule has 172 valence electrons. The molecular weight excluding hydrogens is 500 g/mol. The number of nitrogens with one attached hydrogen (secondary N) is 1. The quantitative estimate of drug-likeness (QED) is 0.476. The van der Waals surface area contributed by atoms with E-state index in [0.29, 0.717) is 21.7 Å². The molecular formula is C21H15Cl2F3N4O2S. The number of benzene rings is 2. The van der Waals surface area contributed by atoms with E-state index in [4.69, 9.17) is 28.0 Å². The summed E-state index contributed by atoms with van der Waals surface area (Å²) in [7, 11) is 0. The largest absolute Gasteiger partial charge is 0.435 e. The molecule has 33 heavy (non-hydrogen) atoms. The highest BCUT2D eigenvalue weighted by atomic mass is 35.5. The van der Waals surface area contributed by atoms with Crippen LogP contribution < -0.4 is 5.32 Å². The number of aryl methyl sites for hydroxylation is 1. The summed E-state index contributed by atoms with van der Waals surface area (Å²) in [6.45, 7) is 1.91. The van der Waals surface area contributed by atoms with Gasteiger partial charge in [0.05, 0.1) is 12.3 Å². The van der Waals surface area contributed by atoms with Gasteiger partial charge in [-0.25, -0.2) is 0 Å². The topological polar surface area (TPSA) is 76.5 Å². The van der Waals surface area contributed by atoms with Crippen molar-refractivity contribution in [3.05, 3.63) is 79.2 Å². The molecule has 2 aromatic carbocycles. The van der Waals surface area contributed by atoms with E-state index in [1.54, 1.807) is 18.5 Å². The third-order valence-electron chi connectivity index (χ3n) is 5.12. The fraction of sp³-hybridized carbons (Fsp3) is 0.238. The Kier molecular flexibility index (Phi) is 6.35. The molecule has 0 bridgehead atoms. The molecule has 1 atom stereocenters. The molecule has 1 aliphatic heterocycles. The number of hydrogen-bond donors (Lipinski definition) is 1. The molecule has 1 aromatic heterocycles. The molecule has 1 N–H and O–H groups in total. The number of rotatable bonds is 5. The van der Waals surface area contributed by atoms with Crippen LogP contribution in [0.15, 0.2) is 47.1 Å². The van der Waals surface area contributed by atoms with Crippen LogP contribution >= 0.6 is 34.5 Å². The Bertz CT molecular complexity index is 1210. The van der Waals surface area contributed by atoms with Crippen LogP contribution in [-0.2, 0) is 17.0 Å². The van der Waals surface area contributed by atoms with Gasteiger partial charge in [0.1, 0.15) is 10.5 Å². The van der Waals surface area contributed by atoms with E-state index >= 15 is 0 Å². The maximum absolute atomic E-state index is 14.2. The van der Waals surface area contributed by atoms with Crippen molar-refractivity contribution in [2.45, 2.75) is 31.7 Å². The van der Waals surface area contributed by atoms with Crippen LogP contribution in [0.5, 0.6) is 0 Å². The summed E-state index contributed by atoms with van der Waals surface area (Å²) in [5, 5.41) is 14.8. The predicted octanol–water partition coefficient (Wildman–Crippen LogP) is 5.67. The minimum Gasteiger partial charge on any atom is -0.374 e. The van der Waals surface area contributed by atoms with Gasteiger partial charge in [-0.05, 0) is 48.4 Å². The SMILES string of the molecule is Cc1cc(C2=NOC(c3cc(Cl)cc(Cl)c3)(C(F)(F)F)C2)ccc1C(=O)NCc1nncs1. The second-order valence-corrected chi connectivity index (χ2v) is 9.12. The van der Waals surface area contributed by atoms with Gasteiger partial charge in [-0.1, -0.05) is 34.4 Å². The van der Waals surface area contributed by atoms with Gasteiger partial charge in [-0.2, -0.15) is 13.2 Å². The Balaban J connectivity index is 1.57. The number of alkyl halides is 3. The molecule has 12 heteroatoms. The lowest BCUT2D eigenvalue weighted by atomic mass is 9.86. The Morgan fingerprint density at radius 1 is 1.21 bits per heavy atom. The summed E-state index contributed by atoms with van der Waals surface area (Å²) in [5.41, 5.74) is 0.0504. The van der Waals surface area contributed by atoms with Gasteiger partial charge in [0.2, 0.25) is 0 Å². The molecule has 0 saturated heterocycles. The summed E-state index contributed by atoms with van der Waals surface area (Å²) >= 11 is 13.2. The van der Waals surface area contributed by atoms with Gasteiger partial charge in [-0.3, -0.25) is 4.79 Å². The van der Waals surface area contributed by atoms with E-state index in [9.17, 15) is 18.0 Å². The van der Waals surface area contributed by atoms with Crippen molar-refractivity contribution in [2.75, 3.05) is 0 Å². The fourth-order valence-electron chi connectivity index (χ4n) is 3.47. The summed E-state index contributed by atoms with van der Waals surface area (Å²) in [6.07, 6.45) is -5.36. The number of nitrogens with zero attached hydrogens (tertiary/aromatic N) is 3. The number of carbonyl (C=O) groups excluding carboxylic acids is 1. The van der Waals surface area contributed by atoms with E-state index < -0.39 is 18.2 Å². The van der Waals surface area contributed by atoms with Gasteiger partial charge < -0.3 is 10.2 Å². The summed E-state index contributed by atoms with van der Waals surface area (Å²) < 4.78 is 42.5. The van der Waals surface area contributed by atoms with Crippen LogP contribution in [0.2, 0.25) is 10.0 Å². The highest BCUT2D eigenvalue weighted by Crippen LogP contribution is 2.49. The van der Waals surface area contributed by atoms with E-state index in [1.807, 2.05) is 0 Å². The number of hydrogen-bond acceptors (Lipinski definition) is 6. The standard InChI is InChI=1S/C21H15Cl2F3N4O2S/c1-11-4-12(2-3-16(11)19(31)27-9-18-29-28-10-33-18)17-8-20(32-30-17,21(24,25)26)13-5-14(22)7-15(23)6-13/h2-7,10H,8-9H2,1H3,(H,27,31). The van der Waals surface area contributed by atoms with Crippen molar-refractivity contribution in [2.24, 2.45) is 5.16 Å². The molecule has 0 spiro atoms. The van der Waals surface area contributed by atoms with Crippen LogP contribution in [0.1, 0.15) is 38.5 Å². The first-order valence-corrected chi connectivity index (χ1v) is 11.2. The number of oxime groups is 1. The molecule has 3 aromatic rings. The second-order valence-electron chi connectivity index (χ2n) is 7.33. The van der Waals surface area contributed by atoms with Crippen molar-refractivity contribution < 1.29 is 22.8 Å². The highest BCUT2D eigenvalue weighted by molar-refractivity contribution is 7.09. The molecule has 4 rings (SSSR count). The third-order valence-corrected chi connectivity index (χ3v) is 6.26. The molecule has 2 heterocycles.